The number of amides is 2. The Kier molecular flexibility index (Phi) is 4.44. The first-order chi connectivity index (χ1) is 12.6. The molecule has 1 saturated heterocycles. The zero-order chi connectivity index (χ0) is 18.1. The number of cyclic esters (lactones) is 1. The van der Waals surface area contributed by atoms with Crippen molar-refractivity contribution in [2.24, 2.45) is 0 Å². The van der Waals surface area contributed by atoms with E-state index in [1.54, 1.807) is 4.90 Å². The van der Waals surface area contributed by atoms with E-state index in [9.17, 15) is 9.59 Å². The van der Waals surface area contributed by atoms with Crippen molar-refractivity contribution in [3.8, 4) is 0 Å². The van der Waals surface area contributed by atoms with Crippen LogP contribution in [0.3, 0.4) is 0 Å². The number of rotatable bonds is 5. The van der Waals surface area contributed by atoms with Crippen LogP contribution in [0.25, 0.3) is 0 Å². The number of nitrogens with zero attached hydrogens (tertiary/aromatic N) is 1. The number of ether oxygens (including phenoxy) is 1. The summed E-state index contributed by atoms with van der Waals surface area (Å²) in [4.78, 5) is 26.1. The molecule has 0 bridgehead atoms. The van der Waals surface area contributed by atoms with Crippen LogP contribution in [-0.4, -0.2) is 25.2 Å². The minimum absolute atomic E-state index is 0.0609. The molecule has 2 fully saturated rings. The predicted molar refractivity (Wildman–Crippen MR) is 102 cm³/mol. The minimum atomic E-state index is -0.392. The fraction of sp³-hybridized carbons (Fsp3) is 0.300. The fourth-order valence-electron chi connectivity index (χ4n) is 3.35. The van der Waals surface area contributed by atoms with Crippen molar-refractivity contribution < 1.29 is 14.3 Å². The van der Waals surface area contributed by atoms with Gasteiger partial charge in [-0.25, -0.2) is 4.79 Å². The van der Waals surface area contributed by atoms with Gasteiger partial charge in [-0.15, -0.1) is 0 Å². The van der Waals surface area contributed by atoms with E-state index in [1.807, 2.05) is 48.5 Å². The third-order valence-electron chi connectivity index (χ3n) is 5.02. The van der Waals surface area contributed by atoms with Crippen molar-refractivity contribution in [3.05, 3.63) is 64.1 Å². The summed E-state index contributed by atoms with van der Waals surface area (Å²) in [6.07, 6.45) is 1.43. The second-order valence-corrected chi connectivity index (χ2v) is 7.62. The highest BCUT2D eigenvalue weighted by molar-refractivity contribution is 9.10. The van der Waals surface area contributed by atoms with Crippen molar-refractivity contribution in [1.29, 1.82) is 0 Å². The predicted octanol–water partition coefficient (Wildman–Crippen LogP) is 3.75. The van der Waals surface area contributed by atoms with Crippen molar-refractivity contribution in [1.82, 2.24) is 5.32 Å². The lowest BCUT2D eigenvalue weighted by atomic mass is 9.95. The maximum Gasteiger partial charge on any atom is 0.414 e. The van der Waals surface area contributed by atoms with Gasteiger partial charge in [-0.3, -0.25) is 9.69 Å². The van der Waals surface area contributed by atoms with Crippen LogP contribution in [0, 0.1) is 0 Å². The van der Waals surface area contributed by atoms with E-state index in [4.69, 9.17) is 4.74 Å². The quantitative estimate of drug-likeness (QED) is 0.809. The van der Waals surface area contributed by atoms with E-state index in [-0.39, 0.29) is 12.0 Å². The zero-order valence-electron chi connectivity index (χ0n) is 14.2. The summed E-state index contributed by atoms with van der Waals surface area (Å²) in [6, 6.07) is 15.6. The smallest absolute Gasteiger partial charge is 0.414 e. The van der Waals surface area contributed by atoms with Crippen molar-refractivity contribution in [2.45, 2.75) is 24.8 Å². The number of anilines is 1. The molecule has 26 heavy (non-hydrogen) atoms. The standard InChI is InChI=1S/C20H19BrN2O3/c21-16-6-4-15(5-7-16)20(8-9-20)18(24)22-13-14-2-1-3-17(12-14)23-10-11-26-19(23)25/h1-7,12H,8-11,13H2,(H,22,24). The van der Waals surface area contributed by atoms with Crippen molar-refractivity contribution >= 4 is 33.6 Å². The summed E-state index contributed by atoms with van der Waals surface area (Å²) in [5.41, 5.74) is 2.43. The molecule has 2 amide bonds. The molecule has 0 atom stereocenters. The van der Waals surface area contributed by atoms with Gasteiger partial charge in [-0.2, -0.15) is 0 Å². The molecular formula is C20H19BrN2O3. The normalized spacial score (nSPS) is 17.7. The van der Waals surface area contributed by atoms with Crippen LogP contribution in [0.4, 0.5) is 10.5 Å². The number of nitrogens with one attached hydrogen (secondary N) is 1. The van der Waals surface area contributed by atoms with E-state index in [0.29, 0.717) is 19.7 Å². The van der Waals surface area contributed by atoms with E-state index < -0.39 is 5.41 Å². The lowest BCUT2D eigenvalue weighted by molar-refractivity contribution is -0.123. The van der Waals surface area contributed by atoms with Gasteiger partial charge in [0.2, 0.25) is 5.91 Å². The van der Waals surface area contributed by atoms with E-state index in [2.05, 4.69) is 21.2 Å². The summed E-state index contributed by atoms with van der Waals surface area (Å²) in [7, 11) is 0. The van der Waals surface area contributed by atoms with Crippen LogP contribution in [0.2, 0.25) is 0 Å². The second kappa shape index (κ2) is 6.76. The molecule has 4 rings (SSSR count). The molecule has 0 aromatic heterocycles. The van der Waals surface area contributed by atoms with Gasteiger partial charge in [0.15, 0.2) is 0 Å². The maximum absolute atomic E-state index is 12.8. The monoisotopic (exact) mass is 414 g/mol. The van der Waals surface area contributed by atoms with Crippen molar-refractivity contribution in [2.75, 3.05) is 18.1 Å². The van der Waals surface area contributed by atoms with Crippen LogP contribution in [-0.2, 0) is 21.5 Å². The average molecular weight is 415 g/mol. The Morgan fingerprint density at radius 3 is 2.62 bits per heavy atom. The zero-order valence-corrected chi connectivity index (χ0v) is 15.8. The Bertz CT molecular complexity index is 846. The lowest BCUT2D eigenvalue weighted by Crippen LogP contribution is -2.34. The highest BCUT2D eigenvalue weighted by atomic mass is 79.9. The first-order valence-corrected chi connectivity index (χ1v) is 9.45. The first kappa shape index (κ1) is 17.1. The molecule has 1 aliphatic carbocycles. The summed E-state index contributed by atoms with van der Waals surface area (Å²) in [5, 5.41) is 3.06. The second-order valence-electron chi connectivity index (χ2n) is 6.71. The molecule has 1 N–H and O–H groups in total. The molecule has 6 heteroatoms. The van der Waals surface area contributed by atoms with Gasteiger partial charge >= 0.3 is 6.09 Å². The molecule has 1 aliphatic heterocycles. The molecule has 2 aliphatic rings. The number of benzene rings is 2. The van der Waals surface area contributed by atoms with Gasteiger partial charge in [0, 0.05) is 16.7 Å². The number of hydrogen-bond acceptors (Lipinski definition) is 3. The molecule has 0 unspecified atom stereocenters. The summed E-state index contributed by atoms with van der Waals surface area (Å²) in [6.45, 7) is 1.41. The Labute approximate surface area is 160 Å². The van der Waals surface area contributed by atoms with E-state index in [0.717, 1.165) is 34.1 Å². The summed E-state index contributed by atoms with van der Waals surface area (Å²) < 4.78 is 5.99. The highest BCUT2D eigenvalue weighted by Gasteiger charge is 2.51. The van der Waals surface area contributed by atoms with Crippen LogP contribution in [0.15, 0.2) is 53.0 Å². The Hall–Kier alpha value is -2.34. The first-order valence-electron chi connectivity index (χ1n) is 8.66. The number of carbonyl (C=O) groups excluding carboxylic acids is 2. The molecule has 0 spiro atoms. The van der Waals surface area contributed by atoms with Gasteiger partial charge in [-0.05, 0) is 48.2 Å². The van der Waals surface area contributed by atoms with Crippen LogP contribution in [0.1, 0.15) is 24.0 Å². The molecule has 2 aromatic rings. The topological polar surface area (TPSA) is 58.6 Å². The van der Waals surface area contributed by atoms with E-state index >= 15 is 0 Å². The molecule has 1 heterocycles. The fourth-order valence-corrected chi connectivity index (χ4v) is 3.62. The van der Waals surface area contributed by atoms with E-state index in [1.165, 1.54) is 0 Å². The third kappa shape index (κ3) is 3.21. The molecule has 1 saturated carbocycles. The molecule has 134 valence electrons. The third-order valence-corrected chi connectivity index (χ3v) is 5.55. The van der Waals surface area contributed by atoms with Gasteiger partial charge in [-0.1, -0.05) is 40.2 Å². The van der Waals surface area contributed by atoms with Gasteiger partial charge < -0.3 is 10.1 Å². The Morgan fingerprint density at radius 1 is 1.19 bits per heavy atom. The van der Waals surface area contributed by atoms with Gasteiger partial charge in [0.25, 0.3) is 0 Å². The van der Waals surface area contributed by atoms with Crippen LogP contribution < -0.4 is 10.2 Å². The number of hydrogen-bond donors (Lipinski definition) is 1. The average Bonchev–Trinajstić information content (AvgIpc) is 3.36. The van der Waals surface area contributed by atoms with Gasteiger partial charge in [0.1, 0.15) is 6.61 Å². The SMILES string of the molecule is O=C1OCCN1c1cccc(CNC(=O)C2(c3ccc(Br)cc3)CC2)c1. The Morgan fingerprint density at radius 2 is 1.96 bits per heavy atom. The van der Waals surface area contributed by atoms with Crippen molar-refractivity contribution in [3.63, 3.8) is 0 Å². The highest BCUT2D eigenvalue weighted by Crippen LogP contribution is 2.48. The molecular weight excluding hydrogens is 396 g/mol. The summed E-state index contributed by atoms with van der Waals surface area (Å²) >= 11 is 3.43. The number of halogens is 1. The van der Waals surface area contributed by atoms with Crippen LogP contribution >= 0.6 is 15.9 Å². The largest absolute Gasteiger partial charge is 0.447 e. The Balaban J connectivity index is 1.43. The maximum atomic E-state index is 12.8. The molecule has 2 aromatic carbocycles. The minimum Gasteiger partial charge on any atom is -0.447 e. The molecule has 0 radical (unpaired) electrons. The molecule has 5 nitrogen and oxygen atoms in total. The lowest BCUT2D eigenvalue weighted by Gasteiger charge is -2.17. The van der Waals surface area contributed by atoms with Crippen LogP contribution in [0.5, 0.6) is 0 Å². The number of carbonyl (C=O) groups is 2. The summed E-state index contributed by atoms with van der Waals surface area (Å²) in [5.74, 6) is 0.0609. The van der Waals surface area contributed by atoms with Gasteiger partial charge in [0.05, 0.1) is 12.0 Å².